The van der Waals surface area contributed by atoms with Crippen LogP contribution in [-0.4, -0.2) is 53.3 Å². The minimum atomic E-state index is -0.831. The molecule has 0 spiro atoms. The second kappa shape index (κ2) is 5.87. The number of carbonyl (C=O) groups is 3. The summed E-state index contributed by atoms with van der Waals surface area (Å²) in [6.45, 7) is 1.33. The summed E-state index contributed by atoms with van der Waals surface area (Å²) in [6, 6.07) is -0.717. The largest absolute Gasteiger partial charge is 0.368 e. The SMILES string of the molecule is NC(=O)C1(N2CC[C@@H](NC(=O)[C@@H]3CCCN3)C2=O)CCCC1. The lowest BCUT2D eigenvalue weighted by molar-refractivity contribution is -0.144. The average molecular weight is 308 g/mol. The third-order valence-corrected chi connectivity index (χ3v) is 5.30. The fourth-order valence-corrected chi connectivity index (χ4v) is 4.03. The van der Waals surface area contributed by atoms with Crippen LogP contribution in [0.5, 0.6) is 0 Å². The van der Waals surface area contributed by atoms with Gasteiger partial charge in [-0.05, 0) is 38.6 Å². The Hall–Kier alpha value is -1.63. The molecule has 1 saturated carbocycles. The van der Waals surface area contributed by atoms with Crippen molar-refractivity contribution < 1.29 is 14.4 Å². The van der Waals surface area contributed by atoms with Crippen molar-refractivity contribution in [2.45, 2.75) is 62.6 Å². The Morgan fingerprint density at radius 2 is 1.95 bits per heavy atom. The van der Waals surface area contributed by atoms with Crippen molar-refractivity contribution in [3.63, 3.8) is 0 Å². The predicted molar refractivity (Wildman–Crippen MR) is 79.7 cm³/mol. The van der Waals surface area contributed by atoms with Gasteiger partial charge in [-0.25, -0.2) is 0 Å². The summed E-state index contributed by atoms with van der Waals surface area (Å²) in [4.78, 5) is 38.3. The third kappa shape index (κ3) is 2.47. The molecule has 0 aromatic carbocycles. The lowest BCUT2D eigenvalue weighted by atomic mass is 9.94. The van der Waals surface area contributed by atoms with Crippen molar-refractivity contribution in [3.05, 3.63) is 0 Å². The maximum atomic E-state index is 12.6. The molecule has 3 fully saturated rings. The van der Waals surface area contributed by atoms with Gasteiger partial charge in [-0.1, -0.05) is 12.8 Å². The van der Waals surface area contributed by atoms with E-state index in [2.05, 4.69) is 10.6 Å². The van der Waals surface area contributed by atoms with E-state index >= 15 is 0 Å². The molecule has 0 radical (unpaired) electrons. The molecule has 2 atom stereocenters. The summed E-state index contributed by atoms with van der Waals surface area (Å²) in [5, 5.41) is 5.96. The van der Waals surface area contributed by atoms with Gasteiger partial charge in [-0.3, -0.25) is 14.4 Å². The minimum Gasteiger partial charge on any atom is -0.368 e. The second-order valence-electron chi connectivity index (χ2n) is 6.59. The molecule has 0 aromatic heterocycles. The maximum Gasteiger partial charge on any atom is 0.246 e. The first-order valence-corrected chi connectivity index (χ1v) is 8.20. The number of hydrogen-bond donors (Lipinski definition) is 3. The highest BCUT2D eigenvalue weighted by molar-refractivity contribution is 5.96. The van der Waals surface area contributed by atoms with Gasteiger partial charge in [0.15, 0.2) is 0 Å². The van der Waals surface area contributed by atoms with Crippen molar-refractivity contribution in [2.75, 3.05) is 13.1 Å². The molecular formula is C15H24N4O3. The fraction of sp³-hybridized carbons (Fsp3) is 0.800. The summed E-state index contributed by atoms with van der Waals surface area (Å²) in [5.74, 6) is -0.688. The zero-order valence-corrected chi connectivity index (χ0v) is 12.8. The predicted octanol–water partition coefficient (Wildman–Crippen LogP) is -0.746. The van der Waals surface area contributed by atoms with E-state index in [1.807, 2.05) is 0 Å². The summed E-state index contributed by atoms with van der Waals surface area (Å²) in [6.07, 6.45) is 5.44. The molecule has 3 rings (SSSR count). The van der Waals surface area contributed by atoms with Crippen molar-refractivity contribution in [1.29, 1.82) is 0 Å². The van der Waals surface area contributed by atoms with Gasteiger partial charge in [0.25, 0.3) is 0 Å². The summed E-state index contributed by atoms with van der Waals surface area (Å²) in [5.41, 5.74) is 4.76. The lowest BCUT2D eigenvalue weighted by Crippen LogP contribution is -2.58. The van der Waals surface area contributed by atoms with E-state index in [0.29, 0.717) is 25.8 Å². The Kier molecular flexibility index (Phi) is 4.08. The number of nitrogens with two attached hydrogens (primary N) is 1. The molecule has 122 valence electrons. The number of rotatable bonds is 4. The van der Waals surface area contributed by atoms with E-state index in [9.17, 15) is 14.4 Å². The van der Waals surface area contributed by atoms with Crippen molar-refractivity contribution in [3.8, 4) is 0 Å². The van der Waals surface area contributed by atoms with Crippen LogP contribution in [0.25, 0.3) is 0 Å². The van der Waals surface area contributed by atoms with E-state index in [1.54, 1.807) is 4.90 Å². The van der Waals surface area contributed by atoms with Gasteiger partial charge in [0.2, 0.25) is 17.7 Å². The number of nitrogens with zero attached hydrogens (tertiary/aromatic N) is 1. The van der Waals surface area contributed by atoms with Crippen molar-refractivity contribution in [1.82, 2.24) is 15.5 Å². The molecule has 2 aliphatic heterocycles. The third-order valence-electron chi connectivity index (χ3n) is 5.30. The highest BCUT2D eigenvalue weighted by Crippen LogP contribution is 2.37. The van der Waals surface area contributed by atoms with E-state index in [1.165, 1.54) is 0 Å². The van der Waals surface area contributed by atoms with Crippen molar-refractivity contribution in [2.24, 2.45) is 5.73 Å². The number of hydrogen-bond acceptors (Lipinski definition) is 4. The summed E-state index contributed by atoms with van der Waals surface area (Å²) in [7, 11) is 0. The van der Waals surface area contributed by atoms with Crippen molar-refractivity contribution >= 4 is 17.7 Å². The molecule has 0 aromatic rings. The van der Waals surface area contributed by atoms with E-state index in [-0.39, 0.29) is 17.9 Å². The monoisotopic (exact) mass is 308 g/mol. The molecule has 3 amide bonds. The smallest absolute Gasteiger partial charge is 0.246 e. The van der Waals surface area contributed by atoms with E-state index in [0.717, 1.165) is 32.2 Å². The first-order chi connectivity index (χ1) is 10.5. The Bertz CT molecular complexity index is 481. The lowest BCUT2D eigenvalue weighted by Gasteiger charge is -2.36. The van der Waals surface area contributed by atoms with Gasteiger partial charge in [-0.15, -0.1) is 0 Å². The molecule has 2 saturated heterocycles. The Morgan fingerprint density at radius 3 is 2.55 bits per heavy atom. The normalized spacial score (nSPS) is 30.7. The Morgan fingerprint density at radius 1 is 1.23 bits per heavy atom. The molecule has 3 aliphatic rings. The number of primary amides is 1. The maximum absolute atomic E-state index is 12.6. The molecule has 4 N–H and O–H groups in total. The second-order valence-corrected chi connectivity index (χ2v) is 6.59. The van der Waals surface area contributed by atoms with E-state index < -0.39 is 17.5 Å². The summed E-state index contributed by atoms with van der Waals surface area (Å²) >= 11 is 0. The van der Waals surface area contributed by atoms with Gasteiger partial charge in [0, 0.05) is 6.54 Å². The van der Waals surface area contributed by atoms with Gasteiger partial charge in [0.05, 0.1) is 6.04 Å². The van der Waals surface area contributed by atoms with E-state index in [4.69, 9.17) is 5.73 Å². The Balaban J connectivity index is 1.66. The number of nitrogens with one attached hydrogen (secondary N) is 2. The van der Waals surface area contributed by atoms with Crippen LogP contribution in [0.3, 0.4) is 0 Å². The average Bonchev–Trinajstić information content (AvgIpc) is 3.20. The molecule has 2 heterocycles. The molecule has 1 aliphatic carbocycles. The summed E-state index contributed by atoms with van der Waals surface area (Å²) < 4.78 is 0. The van der Waals surface area contributed by atoms with Crippen LogP contribution < -0.4 is 16.4 Å². The van der Waals surface area contributed by atoms with Gasteiger partial charge in [-0.2, -0.15) is 0 Å². The molecule has 7 nitrogen and oxygen atoms in total. The van der Waals surface area contributed by atoms with Crippen LogP contribution in [-0.2, 0) is 14.4 Å². The van der Waals surface area contributed by atoms with Crippen LogP contribution in [0.15, 0.2) is 0 Å². The molecule has 0 unspecified atom stereocenters. The zero-order chi connectivity index (χ0) is 15.7. The van der Waals surface area contributed by atoms with Crippen LogP contribution in [0, 0.1) is 0 Å². The number of carbonyl (C=O) groups excluding carboxylic acids is 3. The first-order valence-electron chi connectivity index (χ1n) is 8.20. The number of likely N-dealkylation sites (tertiary alicyclic amines) is 1. The van der Waals surface area contributed by atoms with Gasteiger partial charge < -0.3 is 21.3 Å². The molecule has 22 heavy (non-hydrogen) atoms. The highest BCUT2D eigenvalue weighted by atomic mass is 16.2. The molecular weight excluding hydrogens is 284 g/mol. The van der Waals surface area contributed by atoms with Crippen LogP contribution in [0.1, 0.15) is 44.9 Å². The topological polar surface area (TPSA) is 105 Å². The first kappa shape index (κ1) is 15.3. The number of amides is 3. The highest BCUT2D eigenvalue weighted by Gasteiger charge is 2.51. The quantitative estimate of drug-likeness (QED) is 0.636. The Labute approximate surface area is 130 Å². The van der Waals surface area contributed by atoms with Crippen LogP contribution in [0.4, 0.5) is 0 Å². The van der Waals surface area contributed by atoms with Crippen LogP contribution >= 0.6 is 0 Å². The fourth-order valence-electron chi connectivity index (χ4n) is 4.03. The van der Waals surface area contributed by atoms with Gasteiger partial charge >= 0.3 is 0 Å². The zero-order valence-electron chi connectivity index (χ0n) is 12.8. The van der Waals surface area contributed by atoms with Crippen LogP contribution in [0.2, 0.25) is 0 Å². The molecule has 0 bridgehead atoms. The molecule has 7 heteroatoms. The van der Waals surface area contributed by atoms with Gasteiger partial charge in [0.1, 0.15) is 11.6 Å². The standard InChI is InChI=1S/C15H24N4O3/c16-14(22)15(6-1-2-7-15)19-9-5-11(13(19)21)18-12(20)10-4-3-8-17-10/h10-11,17H,1-9H2,(H2,16,22)(H,18,20)/t10-,11+/m0/s1. The minimum absolute atomic E-state index is 0.114.